The van der Waals surface area contributed by atoms with E-state index in [0.717, 1.165) is 65.0 Å². The minimum atomic E-state index is 0.0799. The fourth-order valence-electron chi connectivity index (χ4n) is 4.51. The van der Waals surface area contributed by atoms with E-state index in [-0.39, 0.29) is 17.7 Å². The second-order valence-electron chi connectivity index (χ2n) is 8.26. The molecule has 0 spiro atoms. The lowest BCUT2D eigenvalue weighted by Gasteiger charge is -2.39. The molecular formula is C23H35N3O2. The van der Waals surface area contributed by atoms with Gasteiger partial charge in [-0.05, 0) is 50.3 Å². The van der Waals surface area contributed by atoms with Crippen LogP contribution < -0.4 is 4.90 Å². The van der Waals surface area contributed by atoms with E-state index in [9.17, 15) is 9.59 Å². The monoisotopic (exact) mass is 385 g/mol. The number of rotatable bonds is 5. The molecule has 1 aromatic rings. The summed E-state index contributed by atoms with van der Waals surface area (Å²) in [6.07, 6.45) is 3.42. The van der Waals surface area contributed by atoms with Crippen molar-refractivity contribution in [1.29, 1.82) is 0 Å². The molecule has 5 nitrogen and oxygen atoms in total. The minimum absolute atomic E-state index is 0.0799. The van der Waals surface area contributed by atoms with Crippen LogP contribution >= 0.6 is 0 Å². The second kappa shape index (κ2) is 9.44. The summed E-state index contributed by atoms with van der Waals surface area (Å²) in [5.74, 6) is 0.791. The molecule has 0 atom stereocenters. The van der Waals surface area contributed by atoms with Crippen molar-refractivity contribution in [2.45, 2.75) is 46.5 Å². The molecule has 2 aliphatic heterocycles. The topological polar surface area (TPSA) is 43.9 Å². The SMILES string of the molecule is CCC(CC)C(=O)N1CCC(C(=O)N2CCN(c3cccc(C)c3)CC2)CC1. The van der Waals surface area contributed by atoms with Gasteiger partial charge >= 0.3 is 0 Å². The van der Waals surface area contributed by atoms with Crippen LogP contribution in [0, 0.1) is 18.8 Å². The third-order valence-electron chi connectivity index (χ3n) is 6.45. The number of likely N-dealkylation sites (tertiary alicyclic amines) is 1. The molecule has 2 fully saturated rings. The number of carbonyl (C=O) groups excluding carboxylic acids is 2. The predicted molar refractivity (Wildman–Crippen MR) is 113 cm³/mol. The van der Waals surface area contributed by atoms with E-state index < -0.39 is 0 Å². The van der Waals surface area contributed by atoms with Crippen molar-refractivity contribution >= 4 is 17.5 Å². The molecule has 154 valence electrons. The Balaban J connectivity index is 1.48. The molecule has 2 aliphatic rings. The molecule has 2 amide bonds. The van der Waals surface area contributed by atoms with Crippen molar-refractivity contribution in [3.8, 4) is 0 Å². The van der Waals surface area contributed by atoms with Gasteiger partial charge in [-0.2, -0.15) is 0 Å². The average Bonchev–Trinajstić information content (AvgIpc) is 2.74. The number of anilines is 1. The Labute approximate surface area is 169 Å². The number of piperazine rings is 1. The first-order chi connectivity index (χ1) is 13.5. The quantitative estimate of drug-likeness (QED) is 0.781. The van der Waals surface area contributed by atoms with E-state index in [1.807, 2.05) is 9.80 Å². The molecule has 2 saturated heterocycles. The molecular weight excluding hydrogens is 350 g/mol. The maximum absolute atomic E-state index is 13.0. The Morgan fingerprint density at radius 3 is 2.18 bits per heavy atom. The summed E-state index contributed by atoms with van der Waals surface area (Å²) < 4.78 is 0. The summed E-state index contributed by atoms with van der Waals surface area (Å²) in [6.45, 7) is 11.1. The lowest BCUT2D eigenvalue weighted by molar-refractivity contribution is -0.142. The van der Waals surface area contributed by atoms with Crippen LogP contribution in [0.15, 0.2) is 24.3 Å². The lowest BCUT2D eigenvalue weighted by atomic mass is 9.93. The fourth-order valence-corrected chi connectivity index (χ4v) is 4.51. The zero-order valence-corrected chi connectivity index (χ0v) is 17.7. The van der Waals surface area contributed by atoms with Gasteiger partial charge < -0.3 is 14.7 Å². The molecule has 0 saturated carbocycles. The third kappa shape index (κ3) is 4.68. The highest BCUT2D eigenvalue weighted by molar-refractivity contribution is 5.81. The van der Waals surface area contributed by atoms with Gasteiger partial charge in [-0.25, -0.2) is 0 Å². The van der Waals surface area contributed by atoms with Gasteiger partial charge in [0.25, 0.3) is 0 Å². The van der Waals surface area contributed by atoms with Gasteiger partial charge in [-0.1, -0.05) is 26.0 Å². The van der Waals surface area contributed by atoms with Crippen molar-refractivity contribution in [1.82, 2.24) is 9.80 Å². The third-order valence-corrected chi connectivity index (χ3v) is 6.45. The Bertz CT molecular complexity index is 670. The fraction of sp³-hybridized carbons (Fsp3) is 0.652. The van der Waals surface area contributed by atoms with Crippen LogP contribution in [0.2, 0.25) is 0 Å². The van der Waals surface area contributed by atoms with Crippen LogP contribution in [0.5, 0.6) is 0 Å². The van der Waals surface area contributed by atoms with Gasteiger partial charge in [0, 0.05) is 56.8 Å². The van der Waals surface area contributed by atoms with E-state index in [1.54, 1.807) is 0 Å². The number of carbonyl (C=O) groups is 2. The first-order valence-corrected chi connectivity index (χ1v) is 10.9. The maximum Gasteiger partial charge on any atom is 0.225 e. The molecule has 0 unspecified atom stereocenters. The molecule has 0 bridgehead atoms. The molecule has 3 rings (SSSR count). The van der Waals surface area contributed by atoms with E-state index in [2.05, 4.69) is 49.9 Å². The zero-order valence-electron chi connectivity index (χ0n) is 17.7. The normalized spacial score (nSPS) is 18.6. The summed E-state index contributed by atoms with van der Waals surface area (Å²) in [5.41, 5.74) is 2.52. The largest absolute Gasteiger partial charge is 0.368 e. The van der Waals surface area contributed by atoms with Gasteiger partial charge in [-0.3, -0.25) is 9.59 Å². The van der Waals surface area contributed by atoms with Crippen LogP contribution in [-0.2, 0) is 9.59 Å². The zero-order chi connectivity index (χ0) is 20.1. The van der Waals surface area contributed by atoms with Crippen molar-refractivity contribution in [2.24, 2.45) is 11.8 Å². The molecule has 0 N–H and O–H groups in total. The van der Waals surface area contributed by atoms with Crippen LogP contribution in [0.3, 0.4) is 0 Å². The Kier molecular flexibility index (Phi) is 6.97. The number of amides is 2. The number of piperidine rings is 1. The first kappa shape index (κ1) is 20.7. The van der Waals surface area contributed by atoms with E-state index in [0.29, 0.717) is 5.91 Å². The van der Waals surface area contributed by atoms with Crippen LogP contribution in [0.1, 0.15) is 45.1 Å². The predicted octanol–water partition coefficient (Wildman–Crippen LogP) is 3.32. The molecule has 0 radical (unpaired) electrons. The summed E-state index contributed by atoms with van der Waals surface area (Å²) in [7, 11) is 0. The molecule has 2 heterocycles. The average molecular weight is 386 g/mol. The van der Waals surface area contributed by atoms with E-state index in [4.69, 9.17) is 0 Å². The van der Waals surface area contributed by atoms with Crippen LogP contribution in [-0.4, -0.2) is 60.9 Å². The summed E-state index contributed by atoms with van der Waals surface area (Å²) >= 11 is 0. The summed E-state index contributed by atoms with van der Waals surface area (Å²) in [4.78, 5) is 31.9. The van der Waals surface area contributed by atoms with Gasteiger partial charge in [0.15, 0.2) is 0 Å². The second-order valence-corrected chi connectivity index (χ2v) is 8.26. The highest BCUT2D eigenvalue weighted by atomic mass is 16.2. The number of hydrogen-bond acceptors (Lipinski definition) is 3. The Morgan fingerprint density at radius 2 is 1.61 bits per heavy atom. The molecule has 28 heavy (non-hydrogen) atoms. The molecule has 1 aromatic carbocycles. The molecule has 0 aliphatic carbocycles. The van der Waals surface area contributed by atoms with Gasteiger partial charge in [0.2, 0.25) is 11.8 Å². The van der Waals surface area contributed by atoms with Gasteiger partial charge in [0.05, 0.1) is 0 Å². The number of nitrogens with zero attached hydrogens (tertiary/aromatic N) is 3. The Hall–Kier alpha value is -2.04. The summed E-state index contributed by atoms with van der Waals surface area (Å²) in [5, 5.41) is 0. The van der Waals surface area contributed by atoms with Crippen LogP contribution in [0.25, 0.3) is 0 Å². The van der Waals surface area contributed by atoms with E-state index in [1.165, 1.54) is 11.3 Å². The van der Waals surface area contributed by atoms with Gasteiger partial charge in [0.1, 0.15) is 0 Å². The number of hydrogen-bond donors (Lipinski definition) is 0. The first-order valence-electron chi connectivity index (χ1n) is 10.9. The lowest BCUT2D eigenvalue weighted by Crippen LogP contribution is -2.52. The highest BCUT2D eigenvalue weighted by Gasteiger charge is 2.32. The highest BCUT2D eigenvalue weighted by Crippen LogP contribution is 2.24. The minimum Gasteiger partial charge on any atom is -0.368 e. The summed E-state index contributed by atoms with van der Waals surface area (Å²) in [6, 6.07) is 8.57. The van der Waals surface area contributed by atoms with Crippen molar-refractivity contribution in [2.75, 3.05) is 44.2 Å². The van der Waals surface area contributed by atoms with E-state index >= 15 is 0 Å². The maximum atomic E-state index is 13.0. The van der Waals surface area contributed by atoms with Crippen molar-refractivity contribution < 1.29 is 9.59 Å². The Morgan fingerprint density at radius 1 is 0.964 bits per heavy atom. The smallest absolute Gasteiger partial charge is 0.225 e. The number of benzene rings is 1. The number of aryl methyl sites for hydroxylation is 1. The standard InChI is InChI=1S/C23H35N3O2/c1-4-19(5-2)22(27)25-11-9-20(10-12-25)23(28)26-15-13-24(14-16-26)21-8-6-7-18(3)17-21/h6-8,17,19-20H,4-5,9-16H2,1-3H3. The van der Waals surface area contributed by atoms with Crippen molar-refractivity contribution in [3.63, 3.8) is 0 Å². The van der Waals surface area contributed by atoms with Crippen molar-refractivity contribution in [3.05, 3.63) is 29.8 Å². The molecule has 0 aromatic heterocycles. The van der Waals surface area contributed by atoms with Crippen LogP contribution in [0.4, 0.5) is 5.69 Å². The molecule has 5 heteroatoms. The van der Waals surface area contributed by atoms with Gasteiger partial charge in [-0.15, -0.1) is 0 Å².